The summed E-state index contributed by atoms with van der Waals surface area (Å²) >= 11 is 6.44. The van der Waals surface area contributed by atoms with Gasteiger partial charge in [-0.05, 0) is 41.8 Å². The predicted molar refractivity (Wildman–Crippen MR) is 129 cm³/mol. The van der Waals surface area contributed by atoms with Crippen molar-refractivity contribution >= 4 is 17.1 Å². The molecule has 4 heterocycles. The molecule has 35 heavy (non-hydrogen) atoms. The molecule has 0 aliphatic carbocycles. The van der Waals surface area contributed by atoms with Crippen LogP contribution in [0.2, 0.25) is 5.02 Å². The fraction of sp³-hybridized carbons (Fsp3) is 0.333. The molecule has 0 amide bonds. The zero-order chi connectivity index (χ0) is 24.7. The van der Waals surface area contributed by atoms with Gasteiger partial charge < -0.3 is 14.6 Å². The highest BCUT2D eigenvalue weighted by molar-refractivity contribution is 6.31. The maximum Gasteiger partial charge on any atom is 0.331 e. The Morgan fingerprint density at radius 1 is 1.26 bits per heavy atom. The second-order valence-corrected chi connectivity index (χ2v) is 9.13. The van der Waals surface area contributed by atoms with E-state index in [1.807, 2.05) is 19.1 Å². The first-order chi connectivity index (χ1) is 16.8. The number of hydrogen-bond acceptors (Lipinski definition) is 6. The van der Waals surface area contributed by atoms with Gasteiger partial charge in [0.1, 0.15) is 6.33 Å². The lowest BCUT2D eigenvalue weighted by Crippen LogP contribution is -2.40. The summed E-state index contributed by atoms with van der Waals surface area (Å²) in [5.74, 6) is -0.991. The fourth-order valence-corrected chi connectivity index (χ4v) is 4.79. The summed E-state index contributed by atoms with van der Waals surface area (Å²) in [5.41, 5.74) is 3.33. The van der Waals surface area contributed by atoms with E-state index in [9.17, 15) is 14.0 Å². The van der Waals surface area contributed by atoms with Crippen LogP contribution in [0.15, 0.2) is 46.5 Å². The second-order valence-electron chi connectivity index (χ2n) is 8.70. The van der Waals surface area contributed by atoms with Crippen LogP contribution in [-0.4, -0.2) is 49.5 Å². The van der Waals surface area contributed by atoms with Crippen molar-refractivity contribution in [2.45, 2.75) is 26.0 Å². The van der Waals surface area contributed by atoms with Gasteiger partial charge in [0.25, 0.3) is 5.56 Å². The second kappa shape index (κ2) is 9.37. The SMILES string of the molecule is Cc1cc(Cl)cc(-c2ncnn3cc(Cn4c(=O)c(F)cn(C)c4=O)cc23)c1CC1CNCCO1. The first-order valence-electron chi connectivity index (χ1n) is 11.2. The van der Waals surface area contributed by atoms with E-state index < -0.39 is 17.1 Å². The predicted octanol–water partition coefficient (Wildman–Crippen LogP) is 1.94. The number of halogens is 2. The molecule has 11 heteroatoms. The van der Waals surface area contributed by atoms with Gasteiger partial charge in [0.05, 0.1) is 30.5 Å². The van der Waals surface area contributed by atoms with Gasteiger partial charge in [-0.15, -0.1) is 0 Å². The first kappa shape index (κ1) is 23.4. The molecule has 0 saturated carbocycles. The lowest BCUT2D eigenvalue weighted by atomic mass is 9.94. The molecule has 0 bridgehead atoms. The maximum atomic E-state index is 14.0. The molecule has 5 rings (SSSR count). The minimum Gasteiger partial charge on any atom is -0.375 e. The van der Waals surface area contributed by atoms with E-state index in [1.165, 1.54) is 13.4 Å². The smallest absolute Gasteiger partial charge is 0.331 e. The largest absolute Gasteiger partial charge is 0.375 e. The molecule has 0 spiro atoms. The number of fused-ring (bicyclic) bond motifs is 1. The normalized spacial score (nSPS) is 16.2. The van der Waals surface area contributed by atoms with E-state index in [-0.39, 0.29) is 12.6 Å². The van der Waals surface area contributed by atoms with Gasteiger partial charge in [0, 0.05) is 49.5 Å². The van der Waals surface area contributed by atoms with Crippen LogP contribution < -0.4 is 16.6 Å². The van der Waals surface area contributed by atoms with Crippen LogP contribution in [0.25, 0.3) is 16.8 Å². The van der Waals surface area contributed by atoms with Crippen LogP contribution in [0.3, 0.4) is 0 Å². The summed E-state index contributed by atoms with van der Waals surface area (Å²) in [6.07, 6.45) is 4.73. The van der Waals surface area contributed by atoms with E-state index in [4.69, 9.17) is 16.3 Å². The van der Waals surface area contributed by atoms with Crippen molar-refractivity contribution in [2.24, 2.45) is 7.05 Å². The molecule has 1 aliphatic heterocycles. The summed E-state index contributed by atoms with van der Waals surface area (Å²) in [5, 5.41) is 8.23. The topological polar surface area (TPSA) is 95.5 Å². The molecule has 0 radical (unpaired) electrons. The summed E-state index contributed by atoms with van der Waals surface area (Å²) < 4.78 is 23.4. The number of ether oxygens (including phenoxy) is 1. The van der Waals surface area contributed by atoms with Crippen molar-refractivity contribution < 1.29 is 9.13 Å². The van der Waals surface area contributed by atoms with Crippen LogP contribution >= 0.6 is 11.6 Å². The average Bonchev–Trinajstić information content (AvgIpc) is 3.25. The highest BCUT2D eigenvalue weighted by Gasteiger charge is 2.21. The lowest BCUT2D eigenvalue weighted by molar-refractivity contribution is 0.0292. The Kier molecular flexibility index (Phi) is 6.26. The quantitative estimate of drug-likeness (QED) is 0.452. The van der Waals surface area contributed by atoms with Crippen LogP contribution in [0.4, 0.5) is 4.39 Å². The zero-order valence-electron chi connectivity index (χ0n) is 19.3. The Balaban J connectivity index is 1.60. The molecular formula is C24H24ClFN6O3. The molecule has 182 valence electrons. The van der Waals surface area contributed by atoms with Gasteiger partial charge in [-0.1, -0.05) is 11.6 Å². The maximum absolute atomic E-state index is 14.0. The van der Waals surface area contributed by atoms with Crippen molar-refractivity contribution in [1.82, 2.24) is 29.0 Å². The van der Waals surface area contributed by atoms with E-state index in [1.54, 1.807) is 16.8 Å². The number of aromatic nitrogens is 5. The third-order valence-electron chi connectivity index (χ3n) is 6.22. The number of hydrogen-bond donors (Lipinski definition) is 1. The monoisotopic (exact) mass is 498 g/mol. The van der Waals surface area contributed by atoms with Crippen molar-refractivity contribution in [3.8, 4) is 11.3 Å². The molecule has 1 fully saturated rings. The molecular weight excluding hydrogens is 475 g/mol. The number of rotatable bonds is 5. The number of nitrogens with one attached hydrogen (secondary N) is 1. The minimum atomic E-state index is -0.991. The highest BCUT2D eigenvalue weighted by Crippen LogP contribution is 2.33. The molecule has 1 aromatic carbocycles. The third-order valence-corrected chi connectivity index (χ3v) is 6.44. The standard InChI is InChI=1S/C24H24ClFN6O3/c1-14-5-16(25)7-19(18(14)8-17-9-27-3-4-35-17)22-21-6-15(11-32(21)29-13-28-22)10-31-23(33)20(26)12-30(2)24(31)34/h5-7,11-13,17,27H,3-4,8-10H2,1-2H3. The molecule has 3 aromatic heterocycles. The zero-order valence-corrected chi connectivity index (χ0v) is 20.0. The van der Waals surface area contributed by atoms with Gasteiger partial charge in [0.15, 0.2) is 0 Å². The molecule has 1 unspecified atom stereocenters. The van der Waals surface area contributed by atoms with Crippen LogP contribution in [0, 0.1) is 12.7 Å². The van der Waals surface area contributed by atoms with Crippen molar-refractivity contribution in [2.75, 3.05) is 19.7 Å². The van der Waals surface area contributed by atoms with E-state index in [0.29, 0.717) is 34.8 Å². The summed E-state index contributed by atoms with van der Waals surface area (Å²) in [6.45, 7) is 4.16. The van der Waals surface area contributed by atoms with Crippen LogP contribution in [-0.2, 0) is 24.8 Å². The molecule has 1 N–H and O–H groups in total. The first-order valence-corrected chi connectivity index (χ1v) is 11.6. The fourth-order valence-electron chi connectivity index (χ4n) is 4.52. The van der Waals surface area contributed by atoms with Crippen molar-refractivity contribution in [1.29, 1.82) is 0 Å². The molecule has 4 aromatic rings. The van der Waals surface area contributed by atoms with Crippen molar-refractivity contribution in [3.63, 3.8) is 0 Å². The Hall–Kier alpha value is -3.34. The highest BCUT2D eigenvalue weighted by atomic mass is 35.5. The van der Waals surface area contributed by atoms with Gasteiger partial charge in [-0.2, -0.15) is 9.49 Å². The Morgan fingerprint density at radius 3 is 2.86 bits per heavy atom. The molecule has 1 atom stereocenters. The van der Waals surface area contributed by atoms with Gasteiger partial charge in [0.2, 0.25) is 5.82 Å². The third kappa shape index (κ3) is 4.52. The average molecular weight is 499 g/mol. The van der Waals surface area contributed by atoms with Crippen LogP contribution in [0.5, 0.6) is 0 Å². The Labute approximate surface area is 204 Å². The summed E-state index contributed by atoms with van der Waals surface area (Å²) in [7, 11) is 1.40. The van der Waals surface area contributed by atoms with Gasteiger partial charge in [-0.3, -0.25) is 9.36 Å². The van der Waals surface area contributed by atoms with E-state index in [0.717, 1.165) is 45.1 Å². The molecule has 1 aliphatic rings. The Morgan fingerprint density at radius 2 is 2.09 bits per heavy atom. The van der Waals surface area contributed by atoms with Gasteiger partial charge >= 0.3 is 5.69 Å². The molecule has 1 saturated heterocycles. The van der Waals surface area contributed by atoms with Crippen molar-refractivity contribution in [3.05, 3.63) is 85.3 Å². The number of nitrogens with zero attached hydrogens (tertiary/aromatic N) is 5. The summed E-state index contributed by atoms with van der Waals surface area (Å²) in [4.78, 5) is 29.3. The summed E-state index contributed by atoms with van der Waals surface area (Å²) in [6, 6.07) is 5.59. The van der Waals surface area contributed by atoms with Gasteiger partial charge in [-0.25, -0.2) is 14.3 Å². The number of benzene rings is 1. The number of aryl methyl sites for hydroxylation is 2. The van der Waals surface area contributed by atoms with E-state index in [2.05, 4.69) is 15.4 Å². The lowest BCUT2D eigenvalue weighted by Gasteiger charge is -2.25. The minimum absolute atomic E-state index is 0.0265. The number of morpholine rings is 1. The van der Waals surface area contributed by atoms with E-state index >= 15 is 0 Å². The Bertz CT molecular complexity index is 1500. The van der Waals surface area contributed by atoms with Crippen LogP contribution in [0.1, 0.15) is 16.7 Å². The molecule has 9 nitrogen and oxygen atoms in total.